The summed E-state index contributed by atoms with van der Waals surface area (Å²) in [6.45, 7) is -0.00728. The number of para-hydroxylation sites is 1. The number of hydrogen-bond donors (Lipinski definition) is 1. The Labute approximate surface area is 179 Å². The molecular weight excluding hydrogens is 394 g/mol. The van der Waals surface area contributed by atoms with E-state index in [4.69, 9.17) is 9.15 Å². The summed E-state index contributed by atoms with van der Waals surface area (Å²) in [6.07, 6.45) is 4.14. The minimum absolute atomic E-state index is 0.0411. The Morgan fingerprint density at radius 2 is 1.77 bits per heavy atom. The van der Waals surface area contributed by atoms with E-state index >= 15 is 0 Å². The van der Waals surface area contributed by atoms with Crippen LogP contribution in [0.25, 0.3) is 0 Å². The molecule has 4 aromatic rings. The van der Waals surface area contributed by atoms with E-state index in [1.807, 2.05) is 54.6 Å². The van der Waals surface area contributed by atoms with Crippen molar-refractivity contribution < 1.29 is 18.7 Å². The number of nitrogens with one attached hydrogen (secondary N) is 1. The lowest BCUT2D eigenvalue weighted by molar-refractivity contribution is -0.119. The molecule has 0 aliphatic rings. The molecule has 0 aliphatic heterocycles. The zero-order valence-electron chi connectivity index (χ0n) is 16.7. The van der Waals surface area contributed by atoms with Gasteiger partial charge in [0.15, 0.2) is 6.61 Å². The first-order valence-corrected chi connectivity index (χ1v) is 9.82. The van der Waals surface area contributed by atoms with Crippen molar-refractivity contribution in [1.29, 1.82) is 0 Å². The lowest BCUT2D eigenvalue weighted by Crippen LogP contribution is -2.21. The van der Waals surface area contributed by atoms with Gasteiger partial charge >= 0.3 is 5.97 Å². The third-order valence-corrected chi connectivity index (χ3v) is 4.60. The number of hydrogen-bond acceptors (Lipinski definition) is 5. The largest absolute Gasteiger partial charge is 0.452 e. The predicted molar refractivity (Wildman–Crippen MR) is 115 cm³/mol. The topological polar surface area (TPSA) is 86.4 Å². The van der Waals surface area contributed by atoms with Crippen molar-refractivity contribution in [2.45, 2.75) is 13.0 Å². The van der Waals surface area contributed by atoms with E-state index in [2.05, 4.69) is 10.4 Å². The summed E-state index contributed by atoms with van der Waals surface area (Å²) in [7, 11) is 0. The number of furan rings is 1. The molecule has 0 bridgehead atoms. The number of anilines is 1. The maximum absolute atomic E-state index is 12.3. The molecule has 0 aliphatic carbocycles. The second kappa shape index (κ2) is 9.58. The maximum Gasteiger partial charge on any atom is 0.374 e. The van der Waals surface area contributed by atoms with Crippen molar-refractivity contribution in [2.24, 2.45) is 0 Å². The van der Waals surface area contributed by atoms with Crippen LogP contribution in [0.3, 0.4) is 0 Å². The average molecular weight is 415 g/mol. The van der Waals surface area contributed by atoms with Crippen LogP contribution in [0.5, 0.6) is 0 Å². The fourth-order valence-corrected chi connectivity index (χ4v) is 3.13. The average Bonchev–Trinajstić information content (AvgIpc) is 3.47. The minimum atomic E-state index is -0.695. The lowest BCUT2D eigenvalue weighted by Gasteiger charge is -2.11. The van der Waals surface area contributed by atoms with Gasteiger partial charge in [0.25, 0.3) is 5.91 Å². The van der Waals surface area contributed by atoms with Crippen LogP contribution in [0.1, 0.15) is 27.4 Å². The van der Waals surface area contributed by atoms with Gasteiger partial charge in [-0.15, -0.1) is 0 Å². The molecule has 156 valence electrons. The zero-order valence-corrected chi connectivity index (χ0v) is 16.7. The quantitative estimate of drug-likeness (QED) is 0.441. The van der Waals surface area contributed by atoms with Crippen LogP contribution in [0.4, 0.5) is 5.69 Å². The summed E-state index contributed by atoms with van der Waals surface area (Å²) in [5.41, 5.74) is 2.80. The molecule has 0 atom stereocenters. The summed E-state index contributed by atoms with van der Waals surface area (Å²) < 4.78 is 12.3. The third-order valence-electron chi connectivity index (χ3n) is 4.60. The predicted octanol–water partition coefficient (Wildman–Crippen LogP) is 3.91. The highest BCUT2D eigenvalue weighted by atomic mass is 16.5. The number of amides is 1. The molecule has 4 rings (SSSR count). The normalized spacial score (nSPS) is 10.6. The van der Waals surface area contributed by atoms with E-state index in [-0.39, 0.29) is 5.76 Å². The summed E-state index contributed by atoms with van der Waals surface area (Å²) in [5, 5.41) is 6.90. The van der Waals surface area contributed by atoms with E-state index in [1.165, 1.54) is 6.07 Å². The number of esters is 1. The van der Waals surface area contributed by atoms with Crippen molar-refractivity contribution in [3.05, 3.63) is 108 Å². The number of benzene rings is 2. The minimum Gasteiger partial charge on any atom is -0.452 e. The summed E-state index contributed by atoms with van der Waals surface area (Å²) >= 11 is 0. The molecule has 0 spiro atoms. The van der Waals surface area contributed by atoms with Gasteiger partial charge in [-0.2, -0.15) is 5.10 Å². The lowest BCUT2D eigenvalue weighted by atomic mass is 10.0. The maximum atomic E-state index is 12.3. The van der Waals surface area contributed by atoms with Gasteiger partial charge < -0.3 is 14.5 Å². The summed E-state index contributed by atoms with van der Waals surface area (Å²) in [5.74, 6) is -0.508. The Bertz CT molecular complexity index is 1150. The van der Waals surface area contributed by atoms with Crippen LogP contribution in [-0.4, -0.2) is 28.3 Å². The molecule has 0 saturated carbocycles. The van der Waals surface area contributed by atoms with Crippen molar-refractivity contribution in [1.82, 2.24) is 9.78 Å². The summed E-state index contributed by atoms with van der Waals surface area (Å²) in [6, 6.07) is 22.5. The first-order chi connectivity index (χ1) is 15.2. The fourth-order valence-electron chi connectivity index (χ4n) is 3.13. The molecule has 1 N–H and O–H groups in total. The monoisotopic (exact) mass is 415 g/mol. The van der Waals surface area contributed by atoms with Crippen molar-refractivity contribution in [2.75, 3.05) is 11.9 Å². The molecule has 1 amide bonds. The number of nitrogens with zero attached hydrogens (tertiary/aromatic N) is 2. The van der Waals surface area contributed by atoms with Crippen LogP contribution >= 0.6 is 0 Å². The Balaban J connectivity index is 1.31. The van der Waals surface area contributed by atoms with Gasteiger partial charge in [-0.25, -0.2) is 4.79 Å². The molecule has 0 saturated heterocycles. The summed E-state index contributed by atoms with van der Waals surface area (Å²) in [4.78, 5) is 24.5. The number of aromatic nitrogens is 2. The molecule has 2 aromatic heterocycles. The van der Waals surface area contributed by atoms with E-state index in [0.717, 1.165) is 11.1 Å². The van der Waals surface area contributed by atoms with E-state index in [1.54, 1.807) is 29.2 Å². The first kappa shape index (κ1) is 20.2. The van der Waals surface area contributed by atoms with Gasteiger partial charge in [0.1, 0.15) is 5.76 Å². The second-order valence-electron chi connectivity index (χ2n) is 6.91. The number of ether oxygens (including phenoxy) is 1. The van der Waals surface area contributed by atoms with Crippen LogP contribution in [-0.2, 0) is 22.5 Å². The molecule has 0 fully saturated rings. The highest BCUT2D eigenvalue weighted by molar-refractivity contribution is 5.95. The standard InChI is InChI=1S/C24H21N3O4/c28-23(26-21-10-5-4-9-19(21)15-18-7-2-1-3-8-18)17-30-24(29)22-12-11-20(31-22)16-27-14-6-13-25-27/h1-14H,15-17H2,(H,26,28). The number of carbonyl (C=O) groups excluding carboxylic acids is 2. The number of rotatable bonds is 8. The van der Waals surface area contributed by atoms with Crippen LogP contribution in [0.2, 0.25) is 0 Å². The van der Waals surface area contributed by atoms with E-state index < -0.39 is 18.5 Å². The van der Waals surface area contributed by atoms with Gasteiger partial charge in [-0.3, -0.25) is 9.48 Å². The van der Waals surface area contributed by atoms with E-state index in [0.29, 0.717) is 24.4 Å². The molecule has 0 radical (unpaired) electrons. The van der Waals surface area contributed by atoms with Gasteiger partial charge in [-0.1, -0.05) is 48.5 Å². The van der Waals surface area contributed by atoms with Gasteiger partial charge in [0.05, 0.1) is 6.54 Å². The molecule has 2 aromatic carbocycles. The number of carbonyl (C=O) groups is 2. The Hall–Kier alpha value is -4.13. The molecule has 7 heteroatoms. The highest BCUT2D eigenvalue weighted by Gasteiger charge is 2.15. The van der Waals surface area contributed by atoms with Crippen LogP contribution in [0.15, 0.2) is 89.6 Å². The van der Waals surface area contributed by atoms with Gasteiger partial charge in [0.2, 0.25) is 5.76 Å². The molecular formula is C24H21N3O4. The Morgan fingerprint density at radius 1 is 0.968 bits per heavy atom. The molecule has 7 nitrogen and oxygen atoms in total. The Morgan fingerprint density at radius 3 is 2.58 bits per heavy atom. The second-order valence-corrected chi connectivity index (χ2v) is 6.91. The molecule has 0 unspecified atom stereocenters. The third kappa shape index (κ3) is 5.48. The van der Waals surface area contributed by atoms with Crippen LogP contribution < -0.4 is 5.32 Å². The van der Waals surface area contributed by atoms with Gasteiger partial charge in [-0.05, 0) is 41.8 Å². The Kier molecular flexibility index (Phi) is 6.23. The fraction of sp³-hybridized carbons (Fsp3) is 0.125. The first-order valence-electron chi connectivity index (χ1n) is 9.82. The van der Waals surface area contributed by atoms with Crippen molar-refractivity contribution in [3.63, 3.8) is 0 Å². The van der Waals surface area contributed by atoms with Crippen molar-refractivity contribution in [3.8, 4) is 0 Å². The SMILES string of the molecule is O=C(COC(=O)c1ccc(Cn2cccn2)o1)Nc1ccccc1Cc1ccccc1. The highest BCUT2D eigenvalue weighted by Crippen LogP contribution is 2.19. The van der Waals surface area contributed by atoms with Gasteiger partial charge in [0, 0.05) is 18.1 Å². The van der Waals surface area contributed by atoms with Crippen molar-refractivity contribution >= 4 is 17.6 Å². The molecule has 31 heavy (non-hydrogen) atoms. The molecule has 2 heterocycles. The smallest absolute Gasteiger partial charge is 0.374 e. The zero-order chi connectivity index (χ0) is 21.5. The van der Waals surface area contributed by atoms with Crippen LogP contribution in [0, 0.1) is 0 Å². The van der Waals surface area contributed by atoms with E-state index in [9.17, 15) is 9.59 Å².